The summed E-state index contributed by atoms with van der Waals surface area (Å²) in [7, 11) is 4.29. The first-order valence-electron chi connectivity index (χ1n) is 8.47. The van der Waals surface area contributed by atoms with E-state index in [9.17, 15) is 0 Å². The van der Waals surface area contributed by atoms with Crippen molar-refractivity contribution in [1.82, 2.24) is 9.80 Å². The lowest BCUT2D eigenvalue weighted by atomic mass is 10.0. The Morgan fingerprint density at radius 3 is 2.38 bits per heavy atom. The second kappa shape index (κ2) is 7.75. The Morgan fingerprint density at radius 1 is 1.00 bits per heavy atom. The van der Waals surface area contributed by atoms with Crippen LogP contribution in [0.25, 0.3) is 0 Å². The topological polar surface area (TPSA) is 6.48 Å². The Bertz CT molecular complexity index is 782. The summed E-state index contributed by atoms with van der Waals surface area (Å²) in [4.78, 5) is 4.59. The minimum Gasteiger partial charge on any atom is -0.374 e. The summed E-state index contributed by atoms with van der Waals surface area (Å²) >= 11 is 0. The average Bonchev–Trinajstić information content (AvgIpc) is 2.64. The van der Waals surface area contributed by atoms with Gasteiger partial charge in [0.1, 0.15) is 0 Å². The van der Waals surface area contributed by atoms with Gasteiger partial charge in [-0.25, -0.2) is 0 Å². The molecule has 0 radical (unpaired) electrons. The third-order valence-electron chi connectivity index (χ3n) is 4.46. The first-order chi connectivity index (χ1) is 11.7. The molecule has 2 aliphatic rings. The molecular weight excluding hydrogens is 292 g/mol. The number of hydrogen-bond acceptors (Lipinski definition) is 2. The van der Waals surface area contributed by atoms with E-state index in [0.717, 1.165) is 31.6 Å². The second-order valence-electron chi connectivity index (χ2n) is 6.29. The molecule has 0 saturated heterocycles. The van der Waals surface area contributed by atoms with Gasteiger partial charge in [0.25, 0.3) is 0 Å². The van der Waals surface area contributed by atoms with Crippen molar-refractivity contribution in [2.45, 2.75) is 25.9 Å². The van der Waals surface area contributed by atoms with E-state index in [1.807, 2.05) is 12.2 Å². The predicted molar refractivity (Wildman–Crippen MR) is 100 cm³/mol. The fourth-order valence-corrected chi connectivity index (χ4v) is 3.04. The van der Waals surface area contributed by atoms with Crippen molar-refractivity contribution in [2.75, 3.05) is 14.1 Å². The van der Waals surface area contributed by atoms with Crippen LogP contribution in [0.15, 0.2) is 83.6 Å². The molecule has 2 nitrogen and oxygen atoms in total. The van der Waals surface area contributed by atoms with Crippen molar-refractivity contribution in [3.63, 3.8) is 0 Å². The van der Waals surface area contributed by atoms with Gasteiger partial charge in [-0.1, -0.05) is 48.2 Å². The monoisotopic (exact) mass is 316 g/mol. The van der Waals surface area contributed by atoms with Gasteiger partial charge in [-0.3, -0.25) is 0 Å². The zero-order valence-electron chi connectivity index (χ0n) is 14.5. The molecule has 3 rings (SSSR count). The molecular formula is C22H24N2. The Hall–Kier alpha value is -2.66. The van der Waals surface area contributed by atoms with E-state index >= 15 is 0 Å². The second-order valence-corrected chi connectivity index (χ2v) is 6.29. The molecule has 0 bridgehead atoms. The van der Waals surface area contributed by atoms with Gasteiger partial charge in [0.05, 0.1) is 5.70 Å². The maximum absolute atomic E-state index is 3.17. The van der Waals surface area contributed by atoms with E-state index in [2.05, 4.69) is 83.9 Å². The summed E-state index contributed by atoms with van der Waals surface area (Å²) in [6, 6.07) is 8.71. The average molecular weight is 316 g/mol. The van der Waals surface area contributed by atoms with Gasteiger partial charge in [0, 0.05) is 32.9 Å². The Kier molecular flexibility index (Phi) is 5.23. The van der Waals surface area contributed by atoms with E-state index < -0.39 is 0 Å². The smallest absolute Gasteiger partial charge is 0.0883 e. The van der Waals surface area contributed by atoms with Crippen LogP contribution in [-0.4, -0.2) is 23.9 Å². The molecule has 0 saturated carbocycles. The van der Waals surface area contributed by atoms with Crippen LogP contribution in [0.1, 0.15) is 24.0 Å². The van der Waals surface area contributed by atoms with Gasteiger partial charge in [-0.05, 0) is 47.9 Å². The van der Waals surface area contributed by atoms with E-state index in [0.29, 0.717) is 0 Å². The van der Waals surface area contributed by atoms with Crippen molar-refractivity contribution < 1.29 is 0 Å². The molecule has 0 heterocycles. The van der Waals surface area contributed by atoms with Gasteiger partial charge in [0.15, 0.2) is 0 Å². The lowest BCUT2D eigenvalue weighted by Crippen LogP contribution is -2.21. The largest absolute Gasteiger partial charge is 0.374 e. The van der Waals surface area contributed by atoms with Crippen LogP contribution < -0.4 is 0 Å². The molecule has 0 atom stereocenters. The van der Waals surface area contributed by atoms with Crippen LogP contribution in [0.2, 0.25) is 0 Å². The van der Waals surface area contributed by atoms with Gasteiger partial charge < -0.3 is 9.80 Å². The summed E-state index contributed by atoms with van der Waals surface area (Å²) in [5.74, 6) is 0. The molecule has 2 aliphatic carbocycles. The molecule has 0 unspecified atom stereocenters. The standard InChI is InChI=1S/C22H24N2/c1-23(21-13-5-3-6-14-21)17-19-11-9-10-12-20(19)18-24(2)22-15-7-4-8-16-22/h3-5,7,9-13,15H,6,14,17-18H2,1-2H3. The van der Waals surface area contributed by atoms with Crippen molar-refractivity contribution >= 4 is 0 Å². The highest BCUT2D eigenvalue weighted by Crippen LogP contribution is 2.21. The number of rotatable bonds is 6. The highest BCUT2D eigenvalue weighted by molar-refractivity contribution is 5.30. The number of allylic oxidation sites excluding steroid dienone is 7. The third-order valence-corrected chi connectivity index (χ3v) is 4.46. The molecule has 0 aliphatic heterocycles. The van der Waals surface area contributed by atoms with Crippen LogP contribution in [-0.2, 0) is 13.1 Å². The molecule has 122 valence electrons. The maximum Gasteiger partial charge on any atom is 0.0883 e. The summed E-state index contributed by atoms with van der Waals surface area (Å²) < 4.78 is 0. The molecule has 0 spiro atoms. The zero-order chi connectivity index (χ0) is 16.8. The quantitative estimate of drug-likeness (QED) is 0.711. The number of likely N-dealkylation sites (N-methyl/N-ethyl adjacent to an activating group) is 1. The summed E-state index contributed by atoms with van der Waals surface area (Å²) in [5, 5.41) is 0. The number of benzene rings is 1. The van der Waals surface area contributed by atoms with Crippen LogP contribution in [0, 0.1) is 0 Å². The van der Waals surface area contributed by atoms with Gasteiger partial charge in [0.2, 0.25) is 0 Å². The van der Waals surface area contributed by atoms with E-state index in [1.165, 1.54) is 16.8 Å². The van der Waals surface area contributed by atoms with Crippen LogP contribution in [0.5, 0.6) is 0 Å². The van der Waals surface area contributed by atoms with Crippen molar-refractivity contribution in [2.24, 2.45) is 0 Å². The van der Waals surface area contributed by atoms with Crippen LogP contribution >= 0.6 is 0 Å². The normalized spacial score (nSPS) is 15.2. The SMILES string of the molecule is CN(Cc1ccccc1CN(C)C1=CC=CCC1)C1=C=C=CC=C1. The summed E-state index contributed by atoms with van der Waals surface area (Å²) in [6.45, 7) is 1.81. The van der Waals surface area contributed by atoms with Crippen LogP contribution in [0.4, 0.5) is 0 Å². The molecule has 2 heteroatoms. The molecule has 0 amide bonds. The van der Waals surface area contributed by atoms with Crippen LogP contribution in [0.3, 0.4) is 0 Å². The maximum atomic E-state index is 3.17. The molecule has 0 aromatic heterocycles. The number of nitrogens with zero attached hydrogens (tertiary/aromatic N) is 2. The highest BCUT2D eigenvalue weighted by Gasteiger charge is 2.11. The zero-order valence-corrected chi connectivity index (χ0v) is 14.5. The Labute approximate surface area is 145 Å². The minimum atomic E-state index is 0.872. The Morgan fingerprint density at radius 2 is 1.75 bits per heavy atom. The molecule has 0 N–H and O–H groups in total. The fourth-order valence-electron chi connectivity index (χ4n) is 3.04. The predicted octanol–water partition coefficient (Wildman–Crippen LogP) is 4.55. The lowest BCUT2D eigenvalue weighted by molar-refractivity contribution is 0.383. The molecule has 1 aromatic carbocycles. The summed E-state index contributed by atoms with van der Waals surface area (Å²) in [6.07, 6.45) is 14.9. The van der Waals surface area contributed by atoms with E-state index in [-0.39, 0.29) is 0 Å². The highest BCUT2D eigenvalue weighted by atomic mass is 15.1. The minimum absolute atomic E-state index is 0.872. The molecule has 1 aromatic rings. The van der Waals surface area contributed by atoms with Gasteiger partial charge in [-0.2, -0.15) is 0 Å². The Balaban J connectivity index is 1.74. The van der Waals surface area contributed by atoms with E-state index in [4.69, 9.17) is 0 Å². The number of hydrogen-bond donors (Lipinski definition) is 0. The van der Waals surface area contributed by atoms with Crippen molar-refractivity contribution in [3.05, 3.63) is 94.7 Å². The van der Waals surface area contributed by atoms with Gasteiger partial charge in [-0.15, -0.1) is 0 Å². The summed E-state index contributed by atoms with van der Waals surface area (Å²) in [5.41, 5.74) is 11.4. The molecule has 0 fully saturated rings. The first kappa shape index (κ1) is 16.2. The third kappa shape index (κ3) is 4.00. The molecule has 24 heavy (non-hydrogen) atoms. The lowest BCUT2D eigenvalue weighted by Gasteiger charge is -2.26. The van der Waals surface area contributed by atoms with E-state index in [1.54, 1.807) is 0 Å². The van der Waals surface area contributed by atoms with Crippen molar-refractivity contribution in [1.29, 1.82) is 0 Å². The fraction of sp³-hybridized carbons (Fsp3) is 0.273. The van der Waals surface area contributed by atoms with Crippen molar-refractivity contribution in [3.8, 4) is 0 Å². The van der Waals surface area contributed by atoms with Gasteiger partial charge >= 0.3 is 0 Å². The first-order valence-corrected chi connectivity index (χ1v) is 8.47.